The van der Waals surface area contributed by atoms with E-state index in [1.54, 1.807) is 18.2 Å². The van der Waals surface area contributed by atoms with E-state index in [1.807, 2.05) is 38.1 Å². The summed E-state index contributed by atoms with van der Waals surface area (Å²) in [6, 6.07) is 11.8. The van der Waals surface area contributed by atoms with Gasteiger partial charge in [-0.15, -0.1) is 0 Å². The molecule has 2 aromatic heterocycles. The van der Waals surface area contributed by atoms with Crippen molar-refractivity contribution < 1.29 is 9.59 Å². The SMILES string of the molecule is CC(C)[C@H](NC(=O)c1ccccn1)C(=O)Nc1nc2ccccc2[nH]1. The Labute approximate surface area is 144 Å². The number of hydrogen-bond acceptors (Lipinski definition) is 4. The van der Waals surface area contributed by atoms with E-state index >= 15 is 0 Å². The van der Waals surface area contributed by atoms with Crippen molar-refractivity contribution in [3.8, 4) is 0 Å². The second-order valence-electron chi connectivity index (χ2n) is 6.00. The molecule has 7 nitrogen and oxygen atoms in total. The number of imidazole rings is 1. The number of nitrogens with zero attached hydrogens (tertiary/aromatic N) is 2. The molecule has 128 valence electrons. The minimum Gasteiger partial charge on any atom is -0.339 e. The summed E-state index contributed by atoms with van der Waals surface area (Å²) in [5.74, 6) is -0.474. The summed E-state index contributed by atoms with van der Waals surface area (Å²) < 4.78 is 0. The van der Waals surface area contributed by atoms with Crippen LogP contribution in [0.2, 0.25) is 0 Å². The van der Waals surface area contributed by atoms with Crippen LogP contribution in [0.1, 0.15) is 24.3 Å². The van der Waals surface area contributed by atoms with Crippen LogP contribution in [0, 0.1) is 5.92 Å². The van der Waals surface area contributed by atoms with Crippen LogP contribution < -0.4 is 10.6 Å². The molecule has 1 aromatic carbocycles. The summed E-state index contributed by atoms with van der Waals surface area (Å²) in [6.45, 7) is 3.73. The first-order chi connectivity index (χ1) is 12.0. The Morgan fingerprint density at radius 1 is 1.08 bits per heavy atom. The van der Waals surface area contributed by atoms with E-state index in [0.29, 0.717) is 5.95 Å². The van der Waals surface area contributed by atoms with Gasteiger partial charge in [-0.25, -0.2) is 4.98 Å². The van der Waals surface area contributed by atoms with Gasteiger partial charge in [0.25, 0.3) is 5.91 Å². The molecule has 3 aromatic rings. The molecule has 3 rings (SSSR count). The predicted molar refractivity (Wildman–Crippen MR) is 95.1 cm³/mol. The van der Waals surface area contributed by atoms with Crippen LogP contribution in [-0.4, -0.2) is 32.8 Å². The molecule has 7 heteroatoms. The van der Waals surface area contributed by atoms with Gasteiger partial charge in [0.15, 0.2) is 0 Å². The van der Waals surface area contributed by atoms with E-state index in [2.05, 4.69) is 25.6 Å². The van der Waals surface area contributed by atoms with Crippen molar-refractivity contribution in [2.75, 3.05) is 5.32 Å². The van der Waals surface area contributed by atoms with Crippen molar-refractivity contribution in [2.45, 2.75) is 19.9 Å². The minimum absolute atomic E-state index is 0.1000. The van der Waals surface area contributed by atoms with Gasteiger partial charge < -0.3 is 10.3 Å². The third-order valence-corrected chi connectivity index (χ3v) is 3.76. The average molecular weight is 337 g/mol. The highest BCUT2D eigenvalue weighted by atomic mass is 16.2. The molecule has 0 aliphatic carbocycles. The Hall–Kier alpha value is -3.22. The van der Waals surface area contributed by atoms with E-state index in [9.17, 15) is 9.59 Å². The smallest absolute Gasteiger partial charge is 0.270 e. The number of benzene rings is 1. The standard InChI is InChI=1S/C18H19N5O2/c1-11(2)15(22-16(24)14-9-5-6-10-19-14)17(25)23-18-20-12-7-3-4-8-13(12)21-18/h3-11,15H,1-2H3,(H,22,24)(H2,20,21,23,25)/t15-/m0/s1. The molecule has 0 bridgehead atoms. The Morgan fingerprint density at radius 3 is 2.52 bits per heavy atom. The minimum atomic E-state index is -0.706. The van der Waals surface area contributed by atoms with Gasteiger partial charge >= 0.3 is 0 Å². The van der Waals surface area contributed by atoms with Crippen LogP contribution in [0.25, 0.3) is 11.0 Å². The van der Waals surface area contributed by atoms with Crippen molar-refractivity contribution in [2.24, 2.45) is 5.92 Å². The largest absolute Gasteiger partial charge is 0.339 e. The van der Waals surface area contributed by atoms with Crippen LogP contribution in [0.5, 0.6) is 0 Å². The van der Waals surface area contributed by atoms with Gasteiger partial charge in [-0.3, -0.25) is 19.9 Å². The third-order valence-electron chi connectivity index (χ3n) is 3.76. The van der Waals surface area contributed by atoms with Crippen LogP contribution >= 0.6 is 0 Å². The second kappa shape index (κ2) is 7.12. The van der Waals surface area contributed by atoms with Gasteiger partial charge in [0.2, 0.25) is 11.9 Å². The number of anilines is 1. The quantitative estimate of drug-likeness (QED) is 0.665. The number of fused-ring (bicyclic) bond motifs is 1. The maximum absolute atomic E-state index is 12.6. The zero-order valence-electron chi connectivity index (χ0n) is 14.0. The highest BCUT2D eigenvalue weighted by Crippen LogP contribution is 2.14. The van der Waals surface area contributed by atoms with Crippen LogP contribution in [0.15, 0.2) is 48.7 Å². The first-order valence-electron chi connectivity index (χ1n) is 8.02. The van der Waals surface area contributed by atoms with E-state index in [4.69, 9.17) is 0 Å². The van der Waals surface area contributed by atoms with Crippen LogP contribution in [0.4, 0.5) is 5.95 Å². The summed E-state index contributed by atoms with van der Waals surface area (Å²) >= 11 is 0. The van der Waals surface area contributed by atoms with E-state index in [0.717, 1.165) is 11.0 Å². The maximum Gasteiger partial charge on any atom is 0.270 e. The number of para-hydroxylation sites is 2. The van der Waals surface area contributed by atoms with Crippen molar-refractivity contribution in [1.82, 2.24) is 20.3 Å². The van der Waals surface area contributed by atoms with Gasteiger partial charge in [0.1, 0.15) is 11.7 Å². The van der Waals surface area contributed by atoms with Gasteiger partial charge in [-0.1, -0.05) is 32.0 Å². The number of H-pyrrole nitrogens is 1. The Bertz CT molecular complexity index is 856. The highest BCUT2D eigenvalue weighted by Gasteiger charge is 2.25. The number of rotatable bonds is 5. The number of hydrogen-bond donors (Lipinski definition) is 3. The van der Waals surface area contributed by atoms with Gasteiger partial charge in [-0.05, 0) is 30.2 Å². The summed E-state index contributed by atoms with van der Waals surface area (Å²) in [4.78, 5) is 36.2. The molecule has 25 heavy (non-hydrogen) atoms. The Morgan fingerprint density at radius 2 is 1.84 bits per heavy atom. The lowest BCUT2D eigenvalue weighted by Crippen LogP contribution is -2.47. The van der Waals surface area contributed by atoms with Crippen molar-refractivity contribution in [1.29, 1.82) is 0 Å². The Balaban J connectivity index is 1.73. The van der Waals surface area contributed by atoms with Crippen LogP contribution in [-0.2, 0) is 4.79 Å². The summed E-state index contributed by atoms with van der Waals surface area (Å²) in [7, 11) is 0. The van der Waals surface area contributed by atoms with E-state index < -0.39 is 6.04 Å². The number of nitrogens with one attached hydrogen (secondary N) is 3. The summed E-state index contributed by atoms with van der Waals surface area (Å²) in [5.41, 5.74) is 1.86. The lowest BCUT2D eigenvalue weighted by atomic mass is 10.0. The lowest BCUT2D eigenvalue weighted by molar-refractivity contribution is -0.118. The molecule has 3 N–H and O–H groups in total. The maximum atomic E-state index is 12.6. The fourth-order valence-corrected chi connectivity index (χ4v) is 2.45. The molecule has 0 unspecified atom stereocenters. The number of pyridine rings is 1. The zero-order chi connectivity index (χ0) is 17.8. The molecule has 0 spiro atoms. The molecule has 0 radical (unpaired) electrons. The molecule has 0 saturated carbocycles. The molecule has 0 saturated heterocycles. The third kappa shape index (κ3) is 3.82. The first kappa shape index (κ1) is 16.6. The second-order valence-corrected chi connectivity index (χ2v) is 6.00. The summed E-state index contributed by atoms with van der Waals surface area (Å²) in [5, 5.41) is 5.46. The van der Waals surface area contributed by atoms with Gasteiger partial charge in [0, 0.05) is 6.20 Å². The molecule has 1 atom stereocenters. The number of amides is 2. The average Bonchev–Trinajstić information content (AvgIpc) is 3.02. The van der Waals surface area contributed by atoms with E-state index in [-0.39, 0.29) is 23.4 Å². The highest BCUT2D eigenvalue weighted by molar-refractivity contribution is 6.00. The van der Waals surface area contributed by atoms with Gasteiger partial charge in [-0.2, -0.15) is 0 Å². The molecule has 0 aliphatic heterocycles. The normalized spacial score (nSPS) is 12.1. The van der Waals surface area contributed by atoms with Crippen molar-refractivity contribution in [3.05, 3.63) is 54.4 Å². The monoisotopic (exact) mass is 337 g/mol. The fourth-order valence-electron chi connectivity index (χ4n) is 2.45. The molecular formula is C18H19N5O2. The van der Waals surface area contributed by atoms with Crippen molar-refractivity contribution in [3.63, 3.8) is 0 Å². The zero-order valence-corrected chi connectivity index (χ0v) is 14.0. The number of aromatic amines is 1. The number of carbonyl (C=O) groups is 2. The molecular weight excluding hydrogens is 318 g/mol. The topological polar surface area (TPSA) is 99.8 Å². The van der Waals surface area contributed by atoms with E-state index in [1.165, 1.54) is 6.20 Å². The molecule has 2 amide bonds. The first-order valence-corrected chi connectivity index (χ1v) is 8.02. The van der Waals surface area contributed by atoms with Gasteiger partial charge in [0.05, 0.1) is 11.0 Å². The molecule has 2 heterocycles. The fraction of sp³-hybridized carbons (Fsp3) is 0.222. The number of carbonyl (C=O) groups excluding carboxylic acids is 2. The Kier molecular flexibility index (Phi) is 4.74. The van der Waals surface area contributed by atoms with Crippen LogP contribution in [0.3, 0.4) is 0 Å². The number of aromatic nitrogens is 3. The summed E-state index contributed by atoms with van der Waals surface area (Å²) in [6.07, 6.45) is 1.54. The lowest BCUT2D eigenvalue weighted by Gasteiger charge is -2.20. The predicted octanol–water partition coefficient (Wildman–Crippen LogP) is 2.35. The van der Waals surface area contributed by atoms with Crippen molar-refractivity contribution >= 4 is 28.8 Å². The molecule has 0 fully saturated rings. The molecule has 0 aliphatic rings.